The Hall–Kier alpha value is -1.99. The van der Waals surface area contributed by atoms with Crippen molar-refractivity contribution < 1.29 is 0 Å². The Labute approximate surface area is 268 Å². The first kappa shape index (κ1) is 33.9. The number of aryl methyl sites for hydroxylation is 3. The van der Waals surface area contributed by atoms with Crippen LogP contribution in [0.25, 0.3) is 0 Å². The van der Waals surface area contributed by atoms with Gasteiger partial charge in [-0.2, -0.15) is 0 Å². The average Bonchev–Trinajstić information content (AvgIpc) is 3.07. The van der Waals surface area contributed by atoms with Gasteiger partial charge in [0.05, 0.1) is 24.2 Å². The zero-order valence-corrected chi connectivity index (χ0v) is 34.3. The molecule has 0 aromatic heterocycles. The Bertz CT molecular complexity index is 1480. The largest absolute Gasteiger partial charge is 0.176 e. The number of hydrogen-bond acceptors (Lipinski definition) is 0. The minimum atomic E-state index is -2.86. The van der Waals surface area contributed by atoms with E-state index in [1.807, 2.05) is 0 Å². The number of benzene rings is 3. The second-order valence-electron chi connectivity index (χ2n) is 16.6. The van der Waals surface area contributed by atoms with Crippen LogP contribution in [0.2, 0.25) is 58.9 Å². The van der Waals surface area contributed by atoms with Crippen LogP contribution in [0, 0.1) is 26.7 Å². The van der Waals surface area contributed by atoms with E-state index in [2.05, 4.69) is 162 Å². The molecule has 3 aromatic carbocycles. The third kappa shape index (κ3) is 5.55. The van der Waals surface area contributed by atoms with Gasteiger partial charge >= 0.3 is 0 Å². The highest BCUT2D eigenvalue weighted by molar-refractivity contribution is 7.23. The summed E-state index contributed by atoms with van der Waals surface area (Å²) in [6.45, 7) is 40.4. The highest BCUT2D eigenvalue weighted by Crippen LogP contribution is 2.42. The number of rotatable bonds is 7. The fraction of sp³-hybridized carbons (Fsp3) is 0.436. The summed E-state index contributed by atoms with van der Waals surface area (Å²) in [5.41, 5.74) is 9.14. The normalized spacial score (nSPS) is 16.9. The molecule has 0 radical (unpaired) electrons. The van der Waals surface area contributed by atoms with Gasteiger partial charge in [-0.15, -0.1) is 0 Å². The molecule has 0 N–H and O–H groups in total. The number of allylic oxidation sites excluding steroid dienone is 4. The van der Waals surface area contributed by atoms with E-state index in [-0.39, 0.29) is 0 Å². The Morgan fingerprint density at radius 2 is 0.744 bits per heavy atom. The van der Waals surface area contributed by atoms with E-state index < -0.39 is 32.3 Å². The molecule has 0 heterocycles. The molecular formula is C39H58Si4. The first-order valence-electron chi connectivity index (χ1n) is 16.4. The second-order valence-corrected chi connectivity index (χ2v) is 35.2. The number of hydrogen-bond donors (Lipinski definition) is 0. The van der Waals surface area contributed by atoms with E-state index in [4.69, 9.17) is 0 Å². The van der Waals surface area contributed by atoms with Crippen molar-refractivity contribution in [3.8, 4) is 0 Å². The fourth-order valence-electron chi connectivity index (χ4n) is 8.12. The zero-order chi connectivity index (χ0) is 32.4. The van der Waals surface area contributed by atoms with Crippen molar-refractivity contribution in [1.82, 2.24) is 0 Å². The summed E-state index contributed by atoms with van der Waals surface area (Å²) < 4.78 is 0. The summed E-state index contributed by atoms with van der Waals surface area (Å²) in [6, 6.07) is 22.0. The smallest absolute Gasteiger partial charge is 0.0656 e. The lowest BCUT2D eigenvalue weighted by molar-refractivity contribution is 0.851. The summed E-state index contributed by atoms with van der Waals surface area (Å²) >= 11 is 0. The Balaban J connectivity index is 2.56. The molecule has 0 saturated heterocycles. The molecule has 0 nitrogen and oxygen atoms in total. The molecule has 0 saturated carbocycles. The Morgan fingerprint density at radius 3 is 0.977 bits per heavy atom. The van der Waals surface area contributed by atoms with E-state index >= 15 is 0 Å². The summed E-state index contributed by atoms with van der Waals surface area (Å²) in [7, 11) is -8.12. The van der Waals surface area contributed by atoms with Crippen LogP contribution in [0.1, 0.15) is 44.4 Å². The molecule has 3 aromatic rings. The van der Waals surface area contributed by atoms with Gasteiger partial charge in [0.2, 0.25) is 0 Å². The molecule has 4 rings (SSSR count). The summed E-state index contributed by atoms with van der Waals surface area (Å²) in [6.07, 6.45) is 0. The lowest BCUT2D eigenvalue weighted by atomic mass is 10.1. The zero-order valence-electron chi connectivity index (χ0n) is 30.3. The Morgan fingerprint density at radius 1 is 0.442 bits per heavy atom. The van der Waals surface area contributed by atoms with E-state index in [9.17, 15) is 0 Å². The van der Waals surface area contributed by atoms with Gasteiger partial charge in [0.15, 0.2) is 8.07 Å². The molecule has 0 bridgehead atoms. The molecular weight excluding hydrogens is 581 g/mol. The van der Waals surface area contributed by atoms with Gasteiger partial charge < -0.3 is 0 Å². The van der Waals surface area contributed by atoms with Crippen LogP contribution < -0.4 is 31.1 Å². The molecule has 4 heteroatoms. The van der Waals surface area contributed by atoms with Gasteiger partial charge in [-0.05, 0) is 68.6 Å². The third-order valence-corrected chi connectivity index (χ3v) is 23.1. The second kappa shape index (κ2) is 11.4. The first-order chi connectivity index (χ1) is 19.7. The van der Waals surface area contributed by atoms with Gasteiger partial charge in [0.25, 0.3) is 0 Å². The minimum Gasteiger partial charge on any atom is -0.0656 e. The molecule has 0 spiro atoms. The Kier molecular flexibility index (Phi) is 9.00. The van der Waals surface area contributed by atoms with Crippen molar-refractivity contribution in [2.24, 2.45) is 5.92 Å². The molecule has 1 atom stereocenters. The predicted octanol–water partition coefficient (Wildman–Crippen LogP) is 7.56. The quantitative estimate of drug-likeness (QED) is 0.185. The van der Waals surface area contributed by atoms with Crippen LogP contribution in [0.5, 0.6) is 0 Å². The molecule has 0 amide bonds. The maximum absolute atomic E-state index is 2.86. The molecule has 1 aliphatic carbocycles. The van der Waals surface area contributed by atoms with Gasteiger partial charge in [-0.1, -0.05) is 169 Å². The topological polar surface area (TPSA) is 0 Å². The van der Waals surface area contributed by atoms with Crippen molar-refractivity contribution in [3.63, 3.8) is 0 Å². The first-order valence-corrected chi connectivity index (χ1v) is 28.9. The van der Waals surface area contributed by atoms with E-state index in [1.54, 1.807) is 47.5 Å². The van der Waals surface area contributed by atoms with Crippen molar-refractivity contribution in [1.29, 1.82) is 0 Å². The van der Waals surface area contributed by atoms with Crippen LogP contribution >= 0.6 is 0 Å². The van der Waals surface area contributed by atoms with Crippen LogP contribution in [-0.4, -0.2) is 32.3 Å². The summed E-state index contributed by atoms with van der Waals surface area (Å²) in [5, 5.41) is 11.9. The van der Waals surface area contributed by atoms with Crippen LogP contribution in [0.15, 0.2) is 76.5 Å². The maximum Gasteiger partial charge on any atom is 0.176 e. The third-order valence-electron chi connectivity index (χ3n) is 10.4. The van der Waals surface area contributed by atoms with E-state index in [0.717, 1.165) is 0 Å². The van der Waals surface area contributed by atoms with Crippen LogP contribution in [0.4, 0.5) is 0 Å². The minimum absolute atomic E-state index is 0.420. The van der Waals surface area contributed by atoms with E-state index in [1.165, 1.54) is 22.3 Å². The maximum atomic E-state index is 2.58. The highest BCUT2D eigenvalue weighted by atomic mass is 28.3. The van der Waals surface area contributed by atoms with Crippen LogP contribution in [-0.2, 0) is 0 Å². The van der Waals surface area contributed by atoms with Crippen molar-refractivity contribution >= 4 is 63.4 Å². The van der Waals surface area contributed by atoms with Crippen LogP contribution in [0.3, 0.4) is 0 Å². The SMILES string of the molecule is CC1=C(C)C(C)C([Si](c2c(C)cccc2[Si](C)(C)C)(c2c(C)cccc2[Si](C)(C)C)c2c(C)cccc2[Si](C)(C)C)=C1C. The monoisotopic (exact) mass is 638 g/mol. The van der Waals surface area contributed by atoms with Gasteiger partial charge in [-0.3, -0.25) is 0 Å². The fourth-order valence-corrected chi connectivity index (χ4v) is 24.5. The molecule has 0 aliphatic heterocycles. The van der Waals surface area contributed by atoms with Crippen molar-refractivity contribution in [3.05, 3.63) is 93.2 Å². The average molecular weight is 639 g/mol. The van der Waals surface area contributed by atoms with Crippen molar-refractivity contribution in [2.75, 3.05) is 0 Å². The van der Waals surface area contributed by atoms with Gasteiger partial charge in [0.1, 0.15) is 0 Å². The molecule has 230 valence electrons. The highest BCUT2D eigenvalue weighted by Gasteiger charge is 2.54. The van der Waals surface area contributed by atoms with Gasteiger partial charge in [0, 0.05) is 0 Å². The molecule has 43 heavy (non-hydrogen) atoms. The molecule has 0 fully saturated rings. The molecule has 1 aliphatic rings. The predicted molar refractivity (Wildman–Crippen MR) is 207 cm³/mol. The van der Waals surface area contributed by atoms with Gasteiger partial charge in [-0.25, -0.2) is 0 Å². The lowest BCUT2D eigenvalue weighted by Gasteiger charge is -2.47. The van der Waals surface area contributed by atoms with Crippen molar-refractivity contribution in [2.45, 2.75) is 107 Å². The summed E-state index contributed by atoms with van der Waals surface area (Å²) in [5.74, 6) is 0.420. The van der Waals surface area contributed by atoms with E-state index in [0.29, 0.717) is 5.92 Å². The molecule has 1 unspecified atom stereocenters. The summed E-state index contributed by atoms with van der Waals surface area (Å²) in [4.78, 5) is 0. The standard InChI is InChI=1S/C39H58Si4/c1-26-20-17-23-33(40(8,9)10)36(26)43(39-31(6)29(4)30(5)32(39)7,37-27(2)21-18-24-34(37)41(11,12)13)38-28(3)22-19-25-35(38)42(14,15)16/h17-25,31H,1-16H3. The lowest BCUT2D eigenvalue weighted by Crippen LogP contribution is -2.82.